The topological polar surface area (TPSA) is 0 Å². The molecule has 1 aromatic carbocycles. The fourth-order valence-electron chi connectivity index (χ4n) is 0.764. The minimum Gasteiger partial charge on any atom is -0.207 e. The van der Waals surface area contributed by atoms with E-state index in [1.54, 1.807) is 0 Å². The highest BCUT2D eigenvalue weighted by Crippen LogP contribution is 2.31. The van der Waals surface area contributed by atoms with Crippen LogP contribution in [-0.2, 0) is 0 Å². The zero-order chi connectivity index (χ0) is 10.6. The maximum Gasteiger partial charge on any atom is 0.445 e. The van der Waals surface area contributed by atoms with Crippen molar-refractivity contribution in [1.82, 2.24) is 0 Å². The average molecular weight is 222 g/mol. The Morgan fingerprint density at radius 3 is 2.14 bits per heavy atom. The summed E-state index contributed by atoms with van der Waals surface area (Å²) in [6.07, 6.45) is 1.28. The molecular weight excluding hydrogens is 216 g/mol. The molecule has 1 aromatic rings. The monoisotopic (exact) mass is 222 g/mol. The third-order valence-electron chi connectivity index (χ3n) is 1.33. The van der Waals surface area contributed by atoms with Gasteiger partial charge in [0.15, 0.2) is 0 Å². The van der Waals surface area contributed by atoms with E-state index in [1.807, 2.05) is 0 Å². The Hall–Kier alpha value is -0.970. The summed E-state index contributed by atoms with van der Waals surface area (Å²) in [5.74, 6) is -0.411. The Labute approximate surface area is 82.6 Å². The van der Waals surface area contributed by atoms with Gasteiger partial charge < -0.3 is 0 Å². The van der Waals surface area contributed by atoms with Gasteiger partial charge in [-0.1, -0.05) is 12.1 Å². The number of rotatable bonds is 2. The highest BCUT2D eigenvalue weighted by Gasteiger charge is 2.26. The van der Waals surface area contributed by atoms with Crippen molar-refractivity contribution in [2.24, 2.45) is 0 Å². The molecule has 0 aliphatic carbocycles. The minimum absolute atomic E-state index is 0.242. The number of hydrogen-bond donors (Lipinski definition) is 0. The van der Waals surface area contributed by atoms with Crippen LogP contribution in [0.3, 0.4) is 0 Å². The Kier molecular flexibility index (Phi) is 3.57. The summed E-state index contributed by atoms with van der Waals surface area (Å²) in [6.45, 7) is 0. The predicted octanol–water partition coefficient (Wildman–Crippen LogP) is 4.05. The van der Waals surface area contributed by atoms with Crippen molar-refractivity contribution in [3.8, 4) is 0 Å². The van der Waals surface area contributed by atoms with Crippen LogP contribution in [0, 0.1) is 5.82 Å². The molecular formula is C9H6F4S. The van der Waals surface area contributed by atoms with Crippen LogP contribution in [0.25, 0.3) is 6.08 Å². The zero-order valence-electron chi connectivity index (χ0n) is 6.88. The highest BCUT2D eigenvalue weighted by molar-refractivity contribution is 8.03. The van der Waals surface area contributed by atoms with E-state index in [9.17, 15) is 17.6 Å². The van der Waals surface area contributed by atoms with Crippen LogP contribution < -0.4 is 0 Å². The molecule has 0 atom stereocenters. The minimum atomic E-state index is -4.27. The first kappa shape index (κ1) is 11.1. The van der Waals surface area contributed by atoms with Gasteiger partial charge in [0.05, 0.1) is 0 Å². The van der Waals surface area contributed by atoms with Crippen LogP contribution in [0.15, 0.2) is 29.7 Å². The number of alkyl halides is 3. The van der Waals surface area contributed by atoms with Gasteiger partial charge in [-0.25, -0.2) is 4.39 Å². The maximum atomic E-state index is 12.4. The quantitative estimate of drug-likeness (QED) is 0.680. The Balaban J connectivity index is 2.57. The standard InChI is InChI=1S/C9H6F4S/c10-8-3-1-7(2-4-8)5-6-14-9(11,12)13/h1-6H/b6-5+. The molecule has 0 heterocycles. The summed E-state index contributed by atoms with van der Waals surface area (Å²) >= 11 is -0.242. The maximum absolute atomic E-state index is 12.4. The van der Waals surface area contributed by atoms with Gasteiger partial charge in [-0.3, -0.25) is 0 Å². The molecule has 0 nitrogen and oxygen atoms in total. The van der Waals surface area contributed by atoms with Gasteiger partial charge in [-0.05, 0) is 40.9 Å². The van der Waals surface area contributed by atoms with E-state index in [0.29, 0.717) is 5.56 Å². The third-order valence-corrected chi connectivity index (χ3v) is 1.87. The van der Waals surface area contributed by atoms with E-state index >= 15 is 0 Å². The normalized spacial score (nSPS) is 12.3. The molecule has 0 radical (unpaired) electrons. The van der Waals surface area contributed by atoms with E-state index in [-0.39, 0.29) is 11.8 Å². The van der Waals surface area contributed by atoms with Crippen LogP contribution in [0.4, 0.5) is 17.6 Å². The molecule has 76 valence electrons. The van der Waals surface area contributed by atoms with Gasteiger partial charge in [0.1, 0.15) is 5.82 Å². The van der Waals surface area contributed by atoms with Crippen LogP contribution in [0.2, 0.25) is 0 Å². The molecule has 14 heavy (non-hydrogen) atoms. The smallest absolute Gasteiger partial charge is 0.207 e. The summed E-state index contributed by atoms with van der Waals surface area (Å²) in [6, 6.07) is 5.20. The van der Waals surface area contributed by atoms with Crippen molar-refractivity contribution in [2.75, 3.05) is 0 Å². The summed E-state index contributed by atoms with van der Waals surface area (Å²) < 4.78 is 47.4. The molecule has 1 rings (SSSR count). The predicted molar refractivity (Wildman–Crippen MR) is 49.1 cm³/mol. The molecule has 0 aromatic heterocycles. The molecule has 0 bridgehead atoms. The van der Waals surface area contributed by atoms with E-state index < -0.39 is 11.3 Å². The summed E-state index contributed by atoms with van der Waals surface area (Å²) in [5, 5.41) is 0.924. The Morgan fingerprint density at radius 2 is 1.64 bits per heavy atom. The van der Waals surface area contributed by atoms with Crippen LogP contribution >= 0.6 is 11.8 Å². The molecule has 0 fully saturated rings. The van der Waals surface area contributed by atoms with E-state index in [4.69, 9.17) is 0 Å². The molecule has 0 N–H and O–H groups in total. The largest absolute Gasteiger partial charge is 0.445 e. The number of hydrogen-bond acceptors (Lipinski definition) is 1. The van der Waals surface area contributed by atoms with E-state index in [1.165, 1.54) is 30.3 Å². The van der Waals surface area contributed by atoms with Gasteiger partial charge in [-0.15, -0.1) is 0 Å². The molecule has 5 heteroatoms. The van der Waals surface area contributed by atoms with Crippen molar-refractivity contribution in [2.45, 2.75) is 5.51 Å². The third kappa shape index (κ3) is 4.32. The van der Waals surface area contributed by atoms with Crippen LogP contribution in [0.5, 0.6) is 0 Å². The number of halogens is 4. The number of thioether (sulfide) groups is 1. The van der Waals surface area contributed by atoms with Crippen molar-refractivity contribution < 1.29 is 17.6 Å². The van der Waals surface area contributed by atoms with Crippen molar-refractivity contribution in [3.63, 3.8) is 0 Å². The Morgan fingerprint density at radius 1 is 1.07 bits per heavy atom. The van der Waals surface area contributed by atoms with Crippen molar-refractivity contribution in [3.05, 3.63) is 41.1 Å². The summed E-state index contributed by atoms with van der Waals surface area (Å²) in [7, 11) is 0. The first-order valence-electron chi connectivity index (χ1n) is 3.64. The lowest BCUT2D eigenvalue weighted by molar-refractivity contribution is -0.0319. The lowest BCUT2D eigenvalue weighted by Crippen LogP contribution is -1.96. The zero-order valence-corrected chi connectivity index (χ0v) is 7.70. The SMILES string of the molecule is Fc1ccc(/C=C/SC(F)(F)F)cc1. The fourth-order valence-corrected chi connectivity index (χ4v) is 1.14. The lowest BCUT2D eigenvalue weighted by atomic mass is 10.2. The molecule has 0 amide bonds. The molecule has 0 aliphatic heterocycles. The second kappa shape index (κ2) is 4.50. The second-order valence-electron chi connectivity index (χ2n) is 2.42. The average Bonchev–Trinajstić information content (AvgIpc) is 2.06. The molecule has 0 spiro atoms. The summed E-state index contributed by atoms with van der Waals surface area (Å²) in [4.78, 5) is 0. The Bertz CT molecular complexity index is 313. The van der Waals surface area contributed by atoms with E-state index in [0.717, 1.165) is 5.41 Å². The van der Waals surface area contributed by atoms with Gasteiger partial charge in [0.2, 0.25) is 0 Å². The summed E-state index contributed by atoms with van der Waals surface area (Å²) in [5.41, 5.74) is -3.74. The van der Waals surface area contributed by atoms with Gasteiger partial charge >= 0.3 is 5.51 Å². The van der Waals surface area contributed by atoms with E-state index in [2.05, 4.69) is 0 Å². The molecule has 0 unspecified atom stereocenters. The molecule has 0 aliphatic rings. The van der Waals surface area contributed by atoms with Gasteiger partial charge in [0, 0.05) is 0 Å². The highest BCUT2D eigenvalue weighted by atomic mass is 32.2. The van der Waals surface area contributed by atoms with Crippen LogP contribution in [-0.4, -0.2) is 5.51 Å². The van der Waals surface area contributed by atoms with Gasteiger partial charge in [-0.2, -0.15) is 13.2 Å². The van der Waals surface area contributed by atoms with Crippen LogP contribution in [0.1, 0.15) is 5.56 Å². The molecule has 0 saturated carbocycles. The number of benzene rings is 1. The first-order chi connectivity index (χ1) is 6.47. The van der Waals surface area contributed by atoms with Gasteiger partial charge in [0.25, 0.3) is 0 Å². The van der Waals surface area contributed by atoms with Crippen molar-refractivity contribution >= 4 is 17.8 Å². The van der Waals surface area contributed by atoms with Crippen molar-refractivity contribution in [1.29, 1.82) is 0 Å². The fraction of sp³-hybridized carbons (Fsp3) is 0.111. The second-order valence-corrected chi connectivity index (χ2v) is 3.39. The molecule has 0 saturated heterocycles. The lowest BCUT2D eigenvalue weighted by Gasteiger charge is -1.99. The first-order valence-corrected chi connectivity index (χ1v) is 4.52.